The molecule has 18 rings (SSSR count). The summed E-state index contributed by atoms with van der Waals surface area (Å²) in [6, 6.07) is 110. The van der Waals surface area contributed by atoms with E-state index in [2.05, 4.69) is 300 Å². The smallest absolute Gasteiger partial charge is 0.0711 e. The van der Waals surface area contributed by atoms with E-state index in [0.29, 0.717) is 0 Å². The molecule has 362 valence electrons. The predicted octanol–water partition coefficient (Wildman–Crippen LogP) is 18.9. The monoisotopic (exact) mass is 988 g/mol. The van der Waals surface area contributed by atoms with Gasteiger partial charge in [-0.15, -0.1) is 0 Å². The predicted molar refractivity (Wildman–Crippen MR) is 325 cm³/mol. The lowest BCUT2D eigenvalue weighted by molar-refractivity contribution is 0.557. The molecule has 0 spiro atoms. The maximum atomic E-state index is 2.56. The summed E-state index contributed by atoms with van der Waals surface area (Å²) in [6.07, 6.45) is 0. The van der Waals surface area contributed by atoms with Crippen molar-refractivity contribution in [3.05, 3.63) is 336 Å². The molecule has 3 aliphatic rings. The molecular weight excluding hydrogens is 941 g/mol. The summed E-state index contributed by atoms with van der Waals surface area (Å²) in [4.78, 5) is 0. The van der Waals surface area contributed by atoms with Gasteiger partial charge in [0.1, 0.15) is 0 Å². The molecule has 2 aromatic heterocycles. The van der Waals surface area contributed by atoms with Crippen molar-refractivity contribution < 1.29 is 0 Å². The minimum absolute atomic E-state index is 0.658. The molecule has 0 atom stereocenters. The first kappa shape index (κ1) is 43.2. The number of benzene rings is 13. The van der Waals surface area contributed by atoms with Crippen molar-refractivity contribution in [2.24, 2.45) is 0 Å². The molecule has 0 unspecified atom stereocenters. The van der Waals surface area contributed by atoms with E-state index in [1.807, 2.05) is 0 Å². The average molecular weight is 989 g/mol. The van der Waals surface area contributed by atoms with Gasteiger partial charge in [-0.3, -0.25) is 0 Å². The van der Waals surface area contributed by atoms with Gasteiger partial charge in [0.25, 0.3) is 0 Å². The molecule has 0 saturated carbocycles. The zero-order chi connectivity index (χ0) is 51.1. The Morgan fingerprint density at radius 2 is 0.500 bits per heavy atom. The Labute approximate surface area is 452 Å². The van der Waals surface area contributed by atoms with Crippen molar-refractivity contribution in [1.29, 1.82) is 0 Å². The van der Waals surface area contributed by atoms with Crippen LogP contribution in [0.5, 0.6) is 0 Å². The highest BCUT2D eigenvalue weighted by Gasteiger charge is 2.60. The molecule has 0 aliphatic heterocycles. The Bertz CT molecular complexity index is 4730. The lowest BCUT2D eigenvalue weighted by Gasteiger charge is -2.57. The van der Waals surface area contributed by atoms with Gasteiger partial charge >= 0.3 is 0 Å². The highest BCUT2D eigenvalue weighted by atomic mass is 15.0. The Morgan fingerprint density at radius 1 is 0.205 bits per heavy atom. The Kier molecular flexibility index (Phi) is 9.01. The van der Waals surface area contributed by atoms with Gasteiger partial charge in [-0.05, 0) is 161 Å². The van der Waals surface area contributed by atoms with Crippen LogP contribution in [-0.2, 0) is 10.8 Å². The molecule has 2 bridgehead atoms. The summed E-state index contributed by atoms with van der Waals surface area (Å²) < 4.78 is 4.87. The minimum Gasteiger partial charge on any atom is -0.309 e. The first-order chi connectivity index (χ1) is 38.7. The van der Waals surface area contributed by atoms with Gasteiger partial charge in [0.15, 0.2) is 0 Å². The van der Waals surface area contributed by atoms with Crippen LogP contribution in [0.3, 0.4) is 0 Å². The van der Waals surface area contributed by atoms with Gasteiger partial charge in [-0.25, -0.2) is 0 Å². The fourth-order valence-electron chi connectivity index (χ4n) is 14.5. The highest BCUT2D eigenvalue weighted by Crippen LogP contribution is 2.67. The third-order valence-corrected chi connectivity index (χ3v) is 17.8. The molecule has 78 heavy (non-hydrogen) atoms. The van der Waals surface area contributed by atoms with Gasteiger partial charge in [-0.1, -0.05) is 218 Å². The number of fused-ring (bicyclic) bond motifs is 8. The van der Waals surface area contributed by atoms with Crippen molar-refractivity contribution in [3.63, 3.8) is 0 Å². The number of hydrogen-bond acceptors (Lipinski definition) is 0. The lowest BCUT2D eigenvalue weighted by atomic mass is 9.44. The van der Waals surface area contributed by atoms with E-state index in [4.69, 9.17) is 0 Å². The highest BCUT2D eigenvalue weighted by molar-refractivity contribution is 6.10. The second kappa shape index (κ2) is 16.2. The average Bonchev–Trinajstić information content (AvgIpc) is 1.67. The van der Waals surface area contributed by atoms with Gasteiger partial charge in [0, 0.05) is 32.9 Å². The van der Waals surface area contributed by atoms with Crippen LogP contribution in [0.2, 0.25) is 0 Å². The minimum atomic E-state index is -0.703. The summed E-state index contributed by atoms with van der Waals surface area (Å²) in [5.41, 5.74) is 20.9. The van der Waals surface area contributed by atoms with Crippen molar-refractivity contribution in [1.82, 2.24) is 9.13 Å². The maximum Gasteiger partial charge on any atom is 0.0711 e. The first-order valence-corrected chi connectivity index (χ1v) is 27.2. The molecule has 0 amide bonds. The van der Waals surface area contributed by atoms with Crippen molar-refractivity contribution >= 4 is 65.2 Å². The second-order valence-electron chi connectivity index (χ2n) is 21.5. The number of para-hydroxylation sites is 4. The van der Waals surface area contributed by atoms with E-state index in [1.165, 1.54) is 132 Å². The van der Waals surface area contributed by atoms with Crippen molar-refractivity contribution in [2.75, 3.05) is 0 Å². The van der Waals surface area contributed by atoms with Gasteiger partial charge in [0.05, 0.1) is 32.9 Å². The Hall–Kier alpha value is -10.0. The molecule has 2 nitrogen and oxygen atoms in total. The summed E-state index contributed by atoms with van der Waals surface area (Å²) in [5.74, 6) is 0. The molecule has 13 aromatic carbocycles. The first-order valence-electron chi connectivity index (χ1n) is 27.2. The van der Waals surface area contributed by atoms with Gasteiger partial charge < -0.3 is 9.13 Å². The Balaban J connectivity index is 0.959. The van der Waals surface area contributed by atoms with E-state index in [9.17, 15) is 0 Å². The van der Waals surface area contributed by atoms with Crippen LogP contribution in [0.4, 0.5) is 0 Å². The lowest BCUT2D eigenvalue weighted by Crippen LogP contribution is -2.52. The number of rotatable bonds is 6. The second-order valence-corrected chi connectivity index (χ2v) is 21.5. The summed E-state index contributed by atoms with van der Waals surface area (Å²) in [5, 5.41) is 9.99. The third kappa shape index (κ3) is 5.81. The normalized spacial score (nSPS) is 16.3. The molecule has 0 radical (unpaired) electrons. The third-order valence-electron chi connectivity index (χ3n) is 17.8. The van der Waals surface area contributed by atoms with Crippen molar-refractivity contribution in [3.8, 4) is 33.6 Å². The van der Waals surface area contributed by atoms with E-state index in [1.54, 1.807) is 0 Å². The molecule has 0 fully saturated rings. The molecule has 2 heteroatoms. The summed E-state index contributed by atoms with van der Waals surface area (Å²) >= 11 is 0. The zero-order valence-corrected chi connectivity index (χ0v) is 42.6. The van der Waals surface area contributed by atoms with Crippen LogP contribution in [0.25, 0.3) is 98.8 Å². The van der Waals surface area contributed by atoms with Crippen LogP contribution in [0.15, 0.2) is 291 Å². The van der Waals surface area contributed by atoms with Crippen molar-refractivity contribution in [2.45, 2.75) is 10.8 Å². The summed E-state index contributed by atoms with van der Waals surface area (Å²) in [6.45, 7) is 0. The van der Waals surface area contributed by atoms with Gasteiger partial charge in [0.2, 0.25) is 0 Å². The fraction of sp³-hybridized carbons (Fsp3) is 0.0263. The number of aromatic nitrogens is 2. The molecule has 0 saturated heterocycles. The van der Waals surface area contributed by atoms with E-state index in [0.717, 1.165) is 11.4 Å². The zero-order valence-electron chi connectivity index (χ0n) is 42.6. The molecule has 2 heterocycles. The molecule has 15 aromatic rings. The topological polar surface area (TPSA) is 9.86 Å². The van der Waals surface area contributed by atoms with Crippen LogP contribution in [0.1, 0.15) is 44.5 Å². The largest absolute Gasteiger partial charge is 0.309 e. The fourth-order valence-corrected chi connectivity index (χ4v) is 14.5. The van der Waals surface area contributed by atoms with Crippen LogP contribution < -0.4 is 0 Å². The van der Waals surface area contributed by atoms with Gasteiger partial charge in [-0.2, -0.15) is 0 Å². The Morgan fingerprint density at radius 3 is 0.897 bits per heavy atom. The maximum absolute atomic E-state index is 2.56. The van der Waals surface area contributed by atoms with E-state index in [-0.39, 0.29) is 0 Å². The quantitative estimate of drug-likeness (QED) is 0.157. The molecular formula is C76H48N2. The van der Waals surface area contributed by atoms with Crippen LogP contribution in [-0.4, -0.2) is 9.13 Å². The molecule has 3 aliphatic carbocycles. The SMILES string of the molecule is c1ccc2c(c1)C1(c3ccc(-n4c5ccccc5c5ccccc54)cc3)c3ccc(-c4ccc5ccccc5c4)cc3C2(c2ccc(-n3c4ccccc4c4ccccc43)cc2)c2cc(-c3ccc4ccccc4c3)ccc21. The number of hydrogen-bond donors (Lipinski definition) is 0. The van der Waals surface area contributed by atoms with Crippen LogP contribution >= 0.6 is 0 Å². The van der Waals surface area contributed by atoms with E-state index >= 15 is 0 Å². The summed E-state index contributed by atoms with van der Waals surface area (Å²) in [7, 11) is 0. The number of nitrogens with zero attached hydrogens (tertiary/aromatic N) is 2. The standard InChI is InChI=1S/C76H48N2/c1-3-17-51-45-53(31-29-49(51)15-1)55-33-43-67-69(47-55)76(58-37-41-60(42-38-58)78-73-27-13-7-21-63(73)64-22-8-14-28-74(64)78)66-24-10-9-23-65(66)75(67,68-44-34-56(48-70(68)76)54-32-30-50-16-2-4-18-52(50)46-54)57-35-39-59(40-36-57)77-71-25-11-5-19-61(71)62-20-6-12-26-72(62)77/h1-48H. The van der Waals surface area contributed by atoms with Crippen LogP contribution in [0, 0.1) is 0 Å². The van der Waals surface area contributed by atoms with E-state index < -0.39 is 10.8 Å². The molecule has 0 N–H and O–H groups in total.